The fourth-order valence-corrected chi connectivity index (χ4v) is 3.33. The van der Waals surface area contributed by atoms with Crippen LogP contribution in [0.5, 0.6) is 5.75 Å². The molecular formula is C20H31F3N4O. The number of piperidine rings is 1. The highest BCUT2D eigenvalue weighted by molar-refractivity contribution is 5.79. The molecule has 0 spiro atoms. The number of nitrogens with zero attached hydrogens (tertiary/aromatic N) is 2. The number of hydrogen-bond acceptors (Lipinski definition) is 3. The Labute approximate surface area is 165 Å². The molecule has 1 saturated heterocycles. The number of ether oxygens (including phenoxy) is 1. The summed E-state index contributed by atoms with van der Waals surface area (Å²) in [4.78, 5) is 6.99. The van der Waals surface area contributed by atoms with E-state index in [-0.39, 0.29) is 12.6 Å². The Bertz CT molecular complexity index is 598. The molecule has 0 radical (unpaired) electrons. The largest absolute Gasteiger partial charge is 0.497 e. The van der Waals surface area contributed by atoms with Gasteiger partial charge in [-0.3, -0.25) is 9.89 Å². The normalized spacial score (nSPS) is 17.2. The molecule has 1 aliphatic rings. The fourth-order valence-electron chi connectivity index (χ4n) is 3.33. The summed E-state index contributed by atoms with van der Waals surface area (Å²) >= 11 is 0. The minimum Gasteiger partial charge on any atom is -0.497 e. The van der Waals surface area contributed by atoms with Crippen molar-refractivity contribution in [2.45, 2.75) is 44.8 Å². The van der Waals surface area contributed by atoms with Gasteiger partial charge in [0, 0.05) is 13.1 Å². The SMILES string of the molecule is CCNC(=NCC(c1ccc(OC)cc1)N1CCCCC1)NCCC(F)(F)F. The Morgan fingerprint density at radius 2 is 1.82 bits per heavy atom. The van der Waals surface area contributed by atoms with Gasteiger partial charge < -0.3 is 15.4 Å². The number of methoxy groups -OCH3 is 1. The van der Waals surface area contributed by atoms with Gasteiger partial charge in [-0.25, -0.2) is 0 Å². The second-order valence-corrected chi connectivity index (χ2v) is 6.90. The van der Waals surface area contributed by atoms with Gasteiger partial charge in [-0.2, -0.15) is 13.2 Å². The summed E-state index contributed by atoms with van der Waals surface area (Å²) in [7, 11) is 1.64. The lowest BCUT2D eigenvalue weighted by atomic mass is 10.0. The Hall–Kier alpha value is -1.96. The molecule has 2 N–H and O–H groups in total. The molecule has 1 unspecified atom stereocenters. The quantitative estimate of drug-likeness (QED) is 0.516. The number of likely N-dealkylation sites (tertiary alicyclic amines) is 1. The van der Waals surface area contributed by atoms with Crippen molar-refractivity contribution in [3.8, 4) is 5.75 Å². The van der Waals surface area contributed by atoms with Gasteiger partial charge >= 0.3 is 6.18 Å². The molecule has 0 bridgehead atoms. The van der Waals surface area contributed by atoms with Crippen LogP contribution in [0.25, 0.3) is 0 Å². The third kappa shape index (κ3) is 7.58. The van der Waals surface area contributed by atoms with Crippen molar-refractivity contribution < 1.29 is 17.9 Å². The van der Waals surface area contributed by atoms with Gasteiger partial charge in [-0.05, 0) is 50.6 Å². The average Bonchev–Trinajstić information content (AvgIpc) is 2.68. The highest BCUT2D eigenvalue weighted by Crippen LogP contribution is 2.26. The van der Waals surface area contributed by atoms with E-state index in [4.69, 9.17) is 4.74 Å². The van der Waals surface area contributed by atoms with E-state index < -0.39 is 12.6 Å². The highest BCUT2D eigenvalue weighted by atomic mass is 19.4. The fraction of sp³-hybridized carbons (Fsp3) is 0.650. The van der Waals surface area contributed by atoms with Crippen LogP contribution in [0.2, 0.25) is 0 Å². The molecule has 1 aromatic carbocycles. The molecule has 2 rings (SSSR count). The monoisotopic (exact) mass is 400 g/mol. The summed E-state index contributed by atoms with van der Waals surface area (Å²) in [6, 6.07) is 8.03. The zero-order chi connectivity index (χ0) is 20.4. The van der Waals surface area contributed by atoms with Crippen LogP contribution in [0.3, 0.4) is 0 Å². The summed E-state index contributed by atoms with van der Waals surface area (Å²) in [5, 5.41) is 5.82. The number of benzene rings is 1. The zero-order valence-corrected chi connectivity index (χ0v) is 16.7. The van der Waals surface area contributed by atoms with Crippen molar-refractivity contribution in [2.24, 2.45) is 4.99 Å². The maximum atomic E-state index is 12.4. The Morgan fingerprint density at radius 1 is 1.14 bits per heavy atom. The van der Waals surface area contributed by atoms with E-state index in [1.165, 1.54) is 6.42 Å². The van der Waals surface area contributed by atoms with Gasteiger partial charge in [0.15, 0.2) is 5.96 Å². The van der Waals surface area contributed by atoms with Gasteiger partial charge in [0.05, 0.1) is 26.1 Å². The van der Waals surface area contributed by atoms with Crippen LogP contribution in [-0.2, 0) is 0 Å². The van der Waals surface area contributed by atoms with E-state index in [2.05, 4.69) is 20.5 Å². The first-order valence-electron chi connectivity index (χ1n) is 9.90. The maximum absolute atomic E-state index is 12.4. The van der Waals surface area contributed by atoms with Crippen LogP contribution >= 0.6 is 0 Å². The van der Waals surface area contributed by atoms with E-state index in [1.807, 2.05) is 31.2 Å². The molecule has 0 amide bonds. The second kappa shape index (κ2) is 11.1. The minimum absolute atomic E-state index is 0.0873. The molecule has 1 aliphatic heterocycles. The second-order valence-electron chi connectivity index (χ2n) is 6.90. The number of guanidine groups is 1. The van der Waals surface area contributed by atoms with Crippen molar-refractivity contribution in [1.82, 2.24) is 15.5 Å². The van der Waals surface area contributed by atoms with Gasteiger partial charge in [0.1, 0.15) is 5.75 Å². The number of aliphatic imine (C=N–C) groups is 1. The first-order valence-corrected chi connectivity index (χ1v) is 9.90. The van der Waals surface area contributed by atoms with Gasteiger partial charge in [-0.15, -0.1) is 0 Å². The number of rotatable bonds is 8. The first-order chi connectivity index (χ1) is 13.4. The smallest absolute Gasteiger partial charge is 0.390 e. The molecule has 5 nitrogen and oxygen atoms in total. The van der Waals surface area contributed by atoms with Crippen LogP contribution in [0.4, 0.5) is 13.2 Å². The summed E-state index contributed by atoms with van der Waals surface area (Å²) in [5.41, 5.74) is 1.14. The maximum Gasteiger partial charge on any atom is 0.390 e. The van der Waals surface area contributed by atoms with Crippen LogP contribution in [0.15, 0.2) is 29.3 Å². The molecular weight excluding hydrogens is 369 g/mol. The first kappa shape index (κ1) is 22.3. The van der Waals surface area contributed by atoms with Gasteiger partial charge in [-0.1, -0.05) is 18.6 Å². The number of alkyl halides is 3. The van der Waals surface area contributed by atoms with E-state index in [0.717, 1.165) is 37.2 Å². The standard InChI is InChI=1S/C20H31F3N4O/c1-3-24-19(25-12-11-20(21,22)23)26-15-18(27-13-5-4-6-14-27)16-7-9-17(28-2)10-8-16/h7-10,18H,3-6,11-15H2,1-2H3,(H2,24,25,26). The Morgan fingerprint density at radius 3 is 2.39 bits per heavy atom. The van der Waals surface area contributed by atoms with Crippen molar-refractivity contribution in [3.63, 3.8) is 0 Å². The van der Waals surface area contributed by atoms with Crippen LogP contribution in [0.1, 0.15) is 44.2 Å². The average molecular weight is 400 g/mol. The molecule has 0 aromatic heterocycles. The molecule has 8 heteroatoms. The molecule has 28 heavy (non-hydrogen) atoms. The molecule has 1 heterocycles. The third-order valence-corrected chi connectivity index (χ3v) is 4.80. The Balaban J connectivity index is 2.10. The van der Waals surface area contributed by atoms with E-state index >= 15 is 0 Å². The van der Waals surface area contributed by atoms with Crippen LogP contribution in [-0.4, -0.2) is 56.9 Å². The van der Waals surface area contributed by atoms with E-state index in [9.17, 15) is 13.2 Å². The van der Waals surface area contributed by atoms with Crippen molar-refractivity contribution in [2.75, 3.05) is 39.8 Å². The number of halogens is 3. The molecule has 0 saturated carbocycles. The van der Waals surface area contributed by atoms with Crippen molar-refractivity contribution in [1.29, 1.82) is 0 Å². The molecule has 1 atom stereocenters. The lowest BCUT2D eigenvalue weighted by Gasteiger charge is -2.34. The molecule has 158 valence electrons. The van der Waals surface area contributed by atoms with Crippen LogP contribution < -0.4 is 15.4 Å². The summed E-state index contributed by atoms with van der Waals surface area (Å²) in [6.45, 7) is 4.79. The number of nitrogens with one attached hydrogen (secondary N) is 2. The predicted molar refractivity (Wildman–Crippen MR) is 106 cm³/mol. The highest BCUT2D eigenvalue weighted by Gasteiger charge is 2.26. The van der Waals surface area contributed by atoms with E-state index in [0.29, 0.717) is 19.0 Å². The summed E-state index contributed by atoms with van der Waals surface area (Å²) in [5.74, 6) is 1.22. The zero-order valence-electron chi connectivity index (χ0n) is 16.7. The summed E-state index contributed by atoms with van der Waals surface area (Å²) in [6.07, 6.45) is -1.52. The molecule has 0 aliphatic carbocycles. The Kier molecular flexibility index (Phi) is 8.89. The number of hydrogen-bond donors (Lipinski definition) is 2. The van der Waals surface area contributed by atoms with Crippen LogP contribution in [0, 0.1) is 0 Å². The van der Waals surface area contributed by atoms with E-state index in [1.54, 1.807) is 7.11 Å². The van der Waals surface area contributed by atoms with Crippen molar-refractivity contribution >= 4 is 5.96 Å². The minimum atomic E-state index is -4.18. The topological polar surface area (TPSA) is 48.9 Å². The third-order valence-electron chi connectivity index (χ3n) is 4.80. The molecule has 1 aromatic rings. The van der Waals surface area contributed by atoms with Crippen molar-refractivity contribution in [3.05, 3.63) is 29.8 Å². The summed E-state index contributed by atoms with van der Waals surface area (Å²) < 4.78 is 42.5. The lowest BCUT2D eigenvalue weighted by molar-refractivity contribution is -0.132. The lowest BCUT2D eigenvalue weighted by Crippen LogP contribution is -2.40. The van der Waals surface area contributed by atoms with Gasteiger partial charge in [0.25, 0.3) is 0 Å². The predicted octanol–water partition coefficient (Wildman–Crippen LogP) is 3.73. The van der Waals surface area contributed by atoms with Gasteiger partial charge in [0.2, 0.25) is 0 Å². The molecule has 1 fully saturated rings.